The zero-order valence-electron chi connectivity index (χ0n) is 11.5. The van der Waals surface area contributed by atoms with Gasteiger partial charge in [-0.05, 0) is 12.1 Å². The van der Waals surface area contributed by atoms with Gasteiger partial charge in [-0.1, -0.05) is 37.2 Å². The minimum absolute atomic E-state index is 0.122. The van der Waals surface area contributed by atoms with E-state index < -0.39 is 5.97 Å². The van der Waals surface area contributed by atoms with Crippen molar-refractivity contribution in [3.05, 3.63) is 42.0 Å². The Morgan fingerprint density at radius 1 is 1.35 bits per heavy atom. The van der Waals surface area contributed by atoms with Gasteiger partial charge in [-0.25, -0.2) is 0 Å². The number of aromatic nitrogens is 2. The number of hydrogen-bond acceptors (Lipinski definition) is 5. The summed E-state index contributed by atoms with van der Waals surface area (Å²) in [5.41, 5.74) is 0.805. The first-order valence-electron chi connectivity index (χ1n) is 6.40. The second-order valence-electron chi connectivity index (χ2n) is 4.79. The fourth-order valence-corrected chi connectivity index (χ4v) is 1.77. The maximum Gasteiger partial charge on any atom is 0.323 e. The molecule has 106 valence electrons. The molecule has 2 rings (SSSR count). The molecule has 6 nitrogen and oxygen atoms in total. The zero-order valence-corrected chi connectivity index (χ0v) is 11.5. The molecule has 0 radical (unpaired) electrons. The van der Waals surface area contributed by atoms with Crippen LogP contribution in [0.1, 0.15) is 31.5 Å². The summed E-state index contributed by atoms with van der Waals surface area (Å²) in [5, 5.41) is 12.9. The van der Waals surface area contributed by atoms with Crippen LogP contribution in [0.5, 0.6) is 0 Å². The molecule has 20 heavy (non-hydrogen) atoms. The molecule has 0 fully saturated rings. The molecule has 0 aliphatic rings. The van der Waals surface area contributed by atoms with Crippen molar-refractivity contribution in [3.63, 3.8) is 0 Å². The Morgan fingerprint density at radius 2 is 2.05 bits per heavy atom. The van der Waals surface area contributed by atoms with Gasteiger partial charge in [-0.15, -0.1) is 0 Å². The van der Waals surface area contributed by atoms with Gasteiger partial charge in [-0.2, -0.15) is 4.98 Å². The third kappa shape index (κ3) is 3.57. The van der Waals surface area contributed by atoms with Crippen molar-refractivity contribution >= 4 is 11.7 Å². The highest BCUT2D eigenvalue weighted by molar-refractivity contribution is 5.73. The fourth-order valence-electron chi connectivity index (χ4n) is 1.77. The minimum Gasteiger partial charge on any atom is -0.480 e. The van der Waals surface area contributed by atoms with Gasteiger partial charge in [0.1, 0.15) is 6.54 Å². The standard InChI is InChI=1S/C14H17N3O3/c1-10(2)14-15-12(20-16-14)8-17(9-13(18)19)11-6-4-3-5-7-11/h3-7,10H,8-9H2,1-2H3,(H,18,19). The van der Waals surface area contributed by atoms with Gasteiger partial charge in [0.05, 0.1) is 6.54 Å². The number of rotatable bonds is 6. The predicted octanol–water partition coefficient (Wildman–Crippen LogP) is 2.28. The van der Waals surface area contributed by atoms with Crippen LogP contribution >= 0.6 is 0 Å². The van der Waals surface area contributed by atoms with Crippen LogP contribution in [0.2, 0.25) is 0 Å². The molecule has 1 aromatic carbocycles. The van der Waals surface area contributed by atoms with Crippen molar-refractivity contribution in [2.24, 2.45) is 0 Å². The molecule has 0 amide bonds. The molecular weight excluding hydrogens is 258 g/mol. The van der Waals surface area contributed by atoms with Gasteiger partial charge in [0.2, 0.25) is 5.89 Å². The summed E-state index contributed by atoms with van der Waals surface area (Å²) in [6.45, 7) is 4.10. The molecule has 0 atom stereocenters. The van der Waals surface area contributed by atoms with Crippen LogP contribution in [0.4, 0.5) is 5.69 Å². The van der Waals surface area contributed by atoms with Crippen LogP contribution in [0.3, 0.4) is 0 Å². The largest absolute Gasteiger partial charge is 0.480 e. The summed E-state index contributed by atoms with van der Waals surface area (Å²) in [7, 11) is 0. The van der Waals surface area contributed by atoms with E-state index in [1.165, 1.54) is 0 Å². The summed E-state index contributed by atoms with van der Waals surface area (Å²) in [5.74, 6) is 0.316. The van der Waals surface area contributed by atoms with E-state index in [1.807, 2.05) is 44.2 Å². The molecule has 0 saturated heterocycles. The van der Waals surface area contributed by atoms with Crippen molar-refractivity contribution < 1.29 is 14.4 Å². The van der Waals surface area contributed by atoms with E-state index in [2.05, 4.69) is 10.1 Å². The first-order chi connectivity index (χ1) is 9.56. The number of benzene rings is 1. The lowest BCUT2D eigenvalue weighted by Crippen LogP contribution is -2.29. The molecule has 0 aliphatic heterocycles. The molecule has 1 N–H and O–H groups in total. The molecule has 0 unspecified atom stereocenters. The topological polar surface area (TPSA) is 79.5 Å². The molecule has 1 aromatic heterocycles. The number of para-hydroxylation sites is 1. The summed E-state index contributed by atoms with van der Waals surface area (Å²) in [4.78, 5) is 16.9. The number of aliphatic carboxylic acids is 1. The lowest BCUT2D eigenvalue weighted by molar-refractivity contribution is -0.135. The van der Waals surface area contributed by atoms with Crippen molar-refractivity contribution in [2.45, 2.75) is 26.3 Å². The van der Waals surface area contributed by atoms with Crippen molar-refractivity contribution in [1.29, 1.82) is 0 Å². The van der Waals surface area contributed by atoms with Crippen molar-refractivity contribution in [3.8, 4) is 0 Å². The van der Waals surface area contributed by atoms with Crippen LogP contribution in [0.25, 0.3) is 0 Å². The Kier molecular flexibility index (Phi) is 4.34. The molecular formula is C14H17N3O3. The Balaban J connectivity index is 2.17. The predicted molar refractivity (Wildman–Crippen MR) is 73.5 cm³/mol. The maximum atomic E-state index is 11.0. The summed E-state index contributed by atoms with van der Waals surface area (Å²) < 4.78 is 5.16. The molecule has 0 saturated carbocycles. The van der Waals surface area contributed by atoms with Crippen LogP contribution in [-0.4, -0.2) is 27.8 Å². The monoisotopic (exact) mass is 275 g/mol. The van der Waals surface area contributed by atoms with Crippen LogP contribution in [0.15, 0.2) is 34.9 Å². The van der Waals surface area contributed by atoms with E-state index in [0.717, 1.165) is 5.69 Å². The fraction of sp³-hybridized carbons (Fsp3) is 0.357. The second kappa shape index (κ2) is 6.18. The van der Waals surface area contributed by atoms with E-state index in [1.54, 1.807) is 4.90 Å². The van der Waals surface area contributed by atoms with Gasteiger partial charge < -0.3 is 14.5 Å². The Morgan fingerprint density at radius 3 is 2.60 bits per heavy atom. The quantitative estimate of drug-likeness (QED) is 0.871. The van der Waals surface area contributed by atoms with E-state index in [0.29, 0.717) is 11.7 Å². The van der Waals surface area contributed by atoms with Crippen LogP contribution < -0.4 is 4.90 Å². The second-order valence-corrected chi connectivity index (χ2v) is 4.79. The summed E-state index contributed by atoms with van der Waals surface area (Å²) in [6.07, 6.45) is 0. The van der Waals surface area contributed by atoms with E-state index in [9.17, 15) is 4.79 Å². The molecule has 0 aliphatic carbocycles. The first kappa shape index (κ1) is 14.0. The number of anilines is 1. The Labute approximate surface area is 117 Å². The van der Waals surface area contributed by atoms with Gasteiger partial charge in [0.25, 0.3) is 0 Å². The SMILES string of the molecule is CC(C)c1noc(CN(CC(=O)O)c2ccccc2)n1. The number of carboxylic acids is 1. The first-order valence-corrected chi connectivity index (χ1v) is 6.40. The third-order valence-electron chi connectivity index (χ3n) is 2.77. The van der Waals surface area contributed by atoms with Crippen LogP contribution in [0, 0.1) is 0 Å². The molecule has 0 spiro atoms. The van der Waals surface area contributed by atoms with Crippen molar-refractivity contribution in [2.75, 3.05) is 11.4 Å². The molecule has 0 bridgehead atoms. The van der Waals surface area contributed by atoms with E-state index in [-0.39, 0.29) is 19.0 Å². The number of carbonyl (C=O) groups is 1. The van der Waals surface area contributed by atoms with Gasteiger partial charge in [0, 0.05) is 11.6 Å². The summed E-state index contributed by atoms with van der Waals surface area (Å²) >= 11 is 0. The Hall–Kier alpha value is -2.37. The average molecular weight is 275 g/mol. The summed E-state index contributed by atoms with van der Waals surface area (Å²) in [6, 6.07) is 9.30. The smallest absolute Gasteiger partial charge is 0.323 e. The lowest BCUT2D eigenvalue weighted by Gasteiger charge is -2.20. The highest BCUT2D eigenvalue weighted by Gasteiger charge is 2.16. The highest BCUT2D eigenvalue weighted by atomic mass is 16.5. The van der Waals surface area contributed by atoms with E-state index >= 15 is 0 Å². The van der Waals surface area contributed by atoms with Crippen LogP contribution in [-0.2, 0) is 11.3 Å². The van der Waals surface area contributed by atoms with Gasteiger partial charge >= 0.3 is 5.97 Å². The third-order valence-corrected chi connectivity index (χ3v) is 2.77. The molecule has 6 heteroatoms. The lowest BCUT2D eigenvalue weighted by atomic mass is 10.2. The molecule has 2 aromatic rings. The number of hydrogen-bond donors (Lipinski definition) is 1. The molecule has 1 heterocycles. The number of carboxylic acid groups (broad SMARTS) is 1. The number of nitrogens with zero attached hydrogens (tertiary/aromatic N) is 3. The minimum atomic E-state index is -0.905. The van der Waals surface area contributed by atoms with Gasteiger partial charge in [0.15, 0.2) is 5.82 Å². The zero-order chi connectivity index (χ0) is 14.5. The maximum absolute atomic E-state index is 11.0. The highest BCUT2D eigenvalue weighted by Crippen LogP contribution is 2.17. The van der Waals surface area contributed by atoms with Crippen molar-refractivity contribution in [1.82, 2.24) is 10.1 Å². The normalized spacial score (nSPS) is 10.8. The van der Waals surface area contributed by atoms with Gasteiger partial charge in [-0.3, -0.25) is 4.79 Å². The Bertz CT molecular complexity index is 566. The van der Waals surface area contributed by atoms with E-state index in [4.69, 9.17) is 9.63 Å². The average Bonchev–Trinajstić information content (AvgIpc) is 2.87.